The van der Waals surface area contributed by atoms with Crippen molar-refractivity contribution in [3.05, 3.63) is 27.3 Å². The number of alkyl halides is 3. The van der Waals surface area contributed by atoms with E-state index in [0.29, 0.717) is 6.41 Å². The van der Waals surface area contributed by atoms with Crippen molar-refractivity contribution in [1.82, 2.24) is 0 Å². The van der Waals surface area contributed by atoms with Crippen LogP contribution in [0.25, 0.3) is 0 Å². The Kier molecular flexibility index (Phi) is 3.35. The monoisotopic (exact) mass is 315 g/mol. The Morgan fingerprint density at radius 2 is 2.00 bits per heavy atom. The molecule has 0 bridgehead atoms. The highest BCUT2D eigenvalue weighted by molar-refractivity contribution is 14.1. The third-order valence-electron chi connectivity index (χ3n) is 1.50. The minimum atomic E-state index is -4.39. The molecule has 0 aliphatic carbocycles. The normalized spacial score (nSPS) is 11.1. The highest BCUT2D eigenvalue weighted by atomic mass is 127. The van der Waals surface area contributed by atoms with Crippen LogP contribution in [0.2, 0.25) is 0 Å². The van der Waals surface area contributed by atoms with Crippen LogP contribution in [0.5, 0.6) is 0 Å². The van der Waals surface area contributed by atoms with Crippen LogP contribution in [0, 0.1) is 3.57 Å². The van der Waals surface area contributed by atoms with Crippen molar-refractivity contribution in [3.63, 3.8) is 0 Å². The molecule has 0 aromatic heterocycles. The first-order valence-corrected chi connectivity index (χ1v) is 4.60. The van der Waals surface area contributed by atoms with Gasteiger partial charge in [0.2, 0.25) is 6.41 Å². The van der Waals surface area contributed by atoms with E-state index in [2.05, 4.69) is 5.32 Å². The van der Waals surface area contributed by atoms with Gasteiger partial charge in [-0.15, -0.1) is 0 Å². The number of benzene rings is 1. The summed E-state index contributed by atoms with van der Waals surface area (Å²) in [6.45, 7) is 0. The summed E-state index contributed by atoms with van der Waals surface area (Å²) in [5, 5.41) is 2.16. The summed E-state index contributed by atoms with van der Waals surface area (Å²) in [6.07, 6.45) is -4.06. The summed E-state index contributed by atoms with van der Waals surface area (Å²) >= 11 is 1.59. The fraction of sp³-hybridized carbons (Fsp3) is 0.125. The van der Waals surface area contributed by atoms with Crippen molar-refractivity contribution < 1.29 is 18.0 Å². The molecule has 1 amide bonds. The van der Waals surface area contributed by atoms with Crippen LogP contribution in [0.4, 0.5) is 18.9 Å². The smallest absolute Gasteiger partial charge is 0.329 e. The predicted molar refractivity (Wildman–Crippen MR) is 53.8 cm³/mol. The average molecular weight is 315 g/mol. The molecule has 14 heavy (non-hydrogen) atoms. The van der Waals surface area contributed by atoms with E-state index < -0.39 is 11.7 Å². The molecule has 0 heterocycles. The maximum atomic E-state index is 12.3. The van der Waals surface area contributed by atoms with Gasteiger partial charge >= 0.3 is 6.18 Å². The summed E-state index contributed by atoms with van der Waals surface area (Å²) in [6, 6.07) is 3.61. The largest absolute Gasteiger partial charge is 0.417 e. The lowest BCUT2D eigenvalue weighted by Gasteiger charge is -2.10. The molecule has 1 rings (SSSR count). The van der Waals surface area contributed by atoms with Crippen LogP contribution in [-0.4, -0.2) is 6.41 Å². The van der Waals surface area contributed by atoms with Gasteiger partial charge in [-0.3, -0.25) is 4.79 Å². The molecule has 0 saturated heterocycles. The molecule has 0 atom stereocenters. The Morgan fingerprint density at radius 3 is 2.50 bits per heavy atom. The van der Waals surface area contributed by atoms with Gasteiger partial charge in [-0.25, -0.2) is 0 Å². The minimum absolute atomic E-state index is 0.103. The van der Waals surface area contributed by atoms with Gasteiger partial charge in [-0.05, 0) is 40.8 Å². The molecule has 76 valence electrons. The number of halogens is 4. The van der Waals surface area contributed by atoms with Crippen LogP contribution in [0.15, 0.2) is 18.2 Å². The van der Waals surface area contributed by atoms with E-state index in [9.17, 15) is 18.0 Å². The molecular weight excluding hydrogens is 310 g/mol. The van der Waals surface area contributed by atoms with Gasteiger partial charge in [-0.1, -0.05) is 0 Å². The van der Waals surface area contributed by atoms with E-state index in [1.807, 2.05) is 0 Å². The quantitative estimate of drug-likeness (QED) is 0.660. The summed E-state index contributed by atoms with van der Waals surface area (Å²) < 4.78 is 37.1. The number of anilines is 1. The number of hydrogen-bond donors (Lipinski definition) is 1. The first-order valence-electron chi connectivity index (χ1n) is 3.52. The molecule has 1 aromatic carbocycles. The fourth-order valence-corrected chi connectivity index (χ4v) is 1.54. The molecule has 0 fully saturated rings. The zero-order valence-electron chi connectivity index (χ0n) is 6.73. The summed E-state index contributed by atoms with van der Waals surface area (Å²) in [4.78, 5) is 10.0. The Bertz CT molecular complexity index is 351. The van der Waals surface area contributed by atoms with Crippen molar-refractivity contribution in [2.24, 2.45) is 0 Å². The van der Waals surface area contributed by atoms with Crippen LogP contribution in [0.3, 0.4) is 0 Å². The number of carbonyl (C=O) groups is 1. The Morgan fingerprint density at radius 1 is 1.36 bits per heavy atom. The standard InChI is InChI=1S/C8H5F3INO/c9-8(10,11)6-3-5(13-4-14)1-2-7(6)12/h1-4H,(H,13,14). The molecule has 0 aliphatic rings. The van der Waals surface area contributed by atoms with E-state index in [-0.39, 0.29) is 9.26 Å². The maximum absolute atomic E-state index is 12.3. The molecule has 6 heteroatoms. The first-order chi connectivity index (χ1) is 6.45. The topological polar surface area (TPSA) is 29.1 Å². The maximum Gasteiger partial charge on any atom is 0.417 e. The van der Waals surface area contributed by atoms with Gasteiger partial charge in [0.25, 0.3) is 0 Å². The zero-order valence-corrected chi connectivity index (χ0v) is 8.89. The summed E-state index contributed by atoms with van der Waals surface area (Å²) in [5.74, 6) is 0. The second-order valence-electron chi connectivity index (χ2n) is 2.45. The van der Waals surface area contributed by atoms with Crippen LogP contribution < -0.4 is 5.32 Å². The summed E-state index contributed by atoms with van der Waals surface area (Å²) in [5.41, 5.74) is -0.613. The lowest BCUT2D eigenvalue weighted by atomic mass is 10.2. The second-order valence-corrected chi connectivity index (χ2v) is 3.62. The molecule has 1 aromatic rings. The lowest BCUT2D eigenvalue weighted by Crippen LogP contribution is -2.08. The van der Waals surface area contributed by atoms with E-state index in [0.717, 1.165) is 6.07 Å². The first kappa shape index (κ1) is 11.3. The molecule has 0 unspecified atom stereocenters. The minimum Gasteiger partial charge on any atom is -0.329 e. The fourth-order valence-electron chi connectivity index (χ4n) is 0.900. The van der Waals surface area contributed by atoms with Crippen molar-refractivity contribution in [3.8, 4) is 0 Å². The van der Waals surface area contributed by atoms with Crippen LogP contribution >= 0.6 is 22.6 Å². The van der Waals surface area contributed by atoms with Crippen molar-refractivity contribution in [2.45, 2.75) is 6.18 Å². The molecule has 0 radical (unpaired) electrons. The Hall–Kier alpha value is -0.790. The lowest BCUT2D eigenvalue weighted by molar-refractivity contribution is -0.138. The highest BCUT2D eigenvalue weighted by Gasteiger charge is 2.32. The van der Waals surface area contributed by atoms with Gasteiger partial charge in [0.05, 0.1) is 5.56 Å². The average Bonchev–Trinajstić information content (AvgIpc) is 2.07. The van der Waals surface area contributed by atoms with Crippen molar-refractivity contribution in [1.29, 1.82) is 0 Å². The summed E-state index contributed by atoms with van der Waals surface area (Å²) in [7, 11) is 0. The molecule has 0 aliphatic heterocycles. The molecule has 1 N–H and O–H groups in total. The molecule has 2 nitrogen and oxygen atoms in total. The number of carbonyl (C=O) groups excluding carboxylic acids is 1. The predicted octanol–water partition coefficient (Wildman–Crippen LogP) is 2.88. The van der Waals surface area contributed by atoms with Crippen LogP contribution in [-0.2, 0) is 11.0 Å². The van der Waals surface area contributed by atoms with Gasteiger partial charge in [0.15, 0.2) is 0 Å². The zero-order chi connectivity index (χ0) is 10.8. The van der Waals surface area contributed by atoms with Crippen molar-refractivity contribution in [2.75, 3.05) is 5.32 Å². The van der Waals surface area contributed by atoms with E-state index in [4.69, 9.17) is 0 Å². The number of amides is 1. The number of hydrogen-bond acceptors (Lipinski definition) is 1. The molecule has 0 saturated carbocycles. The van der Waals surface area contributed by atoms with Gasteiger partial charge in [0, 0.05) is 9.26 Å². The van der Waals surface area contributed by atoms with Crippen LogP contribution in [0.1, 0.15) is 5.56 Å². The van der Waals surface area contributed by atoms with Gasteiger partial charge < -0.3 is 5.32 Å². The highest BCUT2D eigenvalue weighted by Crippen LogP contribution is 2.34. The third-order valence-corrected chi connectivity index (χ3v) is 2.44. The van der Waals surface area contributed by atoms with Gasteiger partial charge in [0.1, 0.15) is 0 Å². The van der Waals surface area contributed by atoms with Crippen molar-refractivity contribution >= 4 is 34.7 Å². The van der Waals surface area contributed by atoms with E-state index in [1.54, 1.807) is 22.6 Å². The Balaban J connectivity index is 3.15. The molecule has 0 spiro atoms. The van der Waals surface area contributed by atoms with E-state index >= 15 is 0 Å². The molecular formula is C8H5F3INO. The number of nitrogens with one attached hydrogen (secondary N) is 1. The van der Waals surface area contributed by atoms with E-state index in [1.165, 1.54) is 12.1 Å². The third kappa shape index (κ3) is 2.60. The second kappa shape index (κ2) is 4.16. The Labute approximate surface area is 91.6 Å². The SMILES string of the molecule is O=CNc1ccc(I)c(C(F)(F)F)c1. The number of rotatable bonds is 2. The van der Waals surface area contributed by atoms with Gasteiger partial charge in [-0.2, -0.15) is 13.2 Å².